The maximum atomic E-state index is 11.4. The maximum Gasteiger partial charge on any atom is 0.314 e. The van der Waals surface area contributed by atoms with E-state index in [9.17, 15) is 14.7 Å². The molecule has 3 aliphatic carbocycles. The molecule has 0 aromatic heterocycles. The third-order valence-electron chi connectivity index (χ3n) is 15.6. The molecule has 57 heavy (non-hydrogen) atoms. The molecular weight excluding hydrogens is 741 g/mol. The lowest BCUT2D eigenvalue weighted by atomic mass is 9.60. The van der Waals surface area contributed by atoms with Crippen LogP contribution in [-0.2, 0) is 13.6 Å². The highest BCUT2D eigenvalue weighted by molar-refractivity contribution is 6.78. The van der Waals surface area contributed by atoms with Gasteiger partial charge in [0.25, 0.3) is 0 Å². The summed E-state index contributed by atoms with van der Waals surface area (Å²) >= 11 is 0. The highest BCUT2D eigenvalue weighted by Gasteiger charge is 2.52. The average Bonchev–Trinajstić information content (AvgIpc) is 3.49. The van der Waals surface area contributed by atoms with Gasteiger partial charge in [-0.25, -0.2) is 4.79 Å². The van der Waals surface area contributed by atoms with Crippen LogP contribution in [0.2, 0.25) is 33.2 Å². The van der Waals surface area contributed by atoms with E-state index >= 15 is 0 Å². The van der Waals surface area contributed by atoms with Crippen molar-refractivity contribution in [2.24, 2.45) is 28.9 Å². The van der Waals surface area contributed by atoms with Gasteiger partial charge in [0.2, 0.25) is 16.6 Å². The Bertz CT molecular complexity index is 1350. The van der Waals surface area contributed by atoms with Crippen molar-refractivity contribution in [3.63, 3.8) is 0 Å². The maximum absolute atomic E-state index is 11.4. The van der Waals surface area contributed by atoms with Crippen molar-refractivity contribution < 1.29 is 23.5 Å². The molecule has 3 N–H and O–H groups in total. The number of rotatable bonds is 15. The first kappa shape index (κ1) is 49.7. The summed E-state index contributed by atoms with van der Waals surface area (Å²) in [5, 5.41) is 9.35. The van der Waals surface area contributed by atoms with Crippen molar-refractivity contribution in [3.05, 3.63) is 35.5 Å². The quantitative estimate of drug-likeness (QED) is 0.160. The van der Waals surface area contributed by atoms with E-state index in [0.29, 0.717) is 51.0 Å². The lowest BCUT2D eigenvalue weighted by Gasteiger charge is -2.49. The standard InChI is InChI=1S/C42H76O4Si2.C6H12N2O/c1-27(2)47(28(3)4,29(5)6)45-37-25-36(34(14)40(26-37)46-48(30(7)8,31(9)10)32(11)12)20-19-35-17-16-24-42(15)38(21-22-39(35)42)33(13)18-23-41(43)44;7-6(9)8-4-2-1-3-5-8/h19-20,27-33,37-40H,14,16-18,21-26H2,1-13,15H3,(H,43,44);1-5H2,(H2,7,9)/b35-19?,36-20+;/t33-,37-,38-,39+,40+,42-;/m1./s1. The molecule has 4 fully saturated rings. The Balaban J connectivity index is 0.000000847. The number of piperidine rings is 1. The van der Waals surface area contributed by atoms with Crippen LogP contribution >= 0.6 is 0 Å². The number of hydrogen-bond acceptors (Lipinski definition) is 4. The van der Waals surface area contributed by atoms with Crippen molar-refractivity contribution in [1.82, 2.24) is 4.90 Å². The lowest BCUT2D eigenvalue weighted by Crippen LogP contribution is -2.54. The smallest absolute Gasteiger partial charge is 0.314 e. The Morgan fingerprint density at radius 1 is 0.825 bits per heavy atom. The number of carbonyl (C=O) groups excluding carboxylic acids is 1. The molecule has 1 aliphatic heterocycles. The van der Waals surface area contributed by atoms with Crippen molar-refractivity contribution in [2.75, 3.05) is 13.1 Å². The van der Waals surface area contributed by atoms with Crippen molar-refractivity contribution >= 4 is 28.6 Å². The number of allylic oxidation sites excluding steroid dienone is 3. The van der Waals surface area contributed by atoms with E-state index in [2.05, 4.69) is 109 Å². The van der Waals surface area contributed by atoms with Gasteiger partial charge in [0, 0.05) is 25.9 Å². The molecule has 0 unspecified atom stereocenters. The van der Waals surface area contributed by atoms with E-state index in [1.165, 1.54) is 49.7 Å². The Kier molecular flexibility index (Phi) is 18.5. The monoisotopic (exact) mass is 829 g/mol. The topological polar surface area (TPSA) is 102 Å². The summed E-state index contributed by atoms with van der Waals surface area (Å²) in [5.41, 5.74) is 12.6. The molecule has 0 aromatic rings. The summed E-state index contributed by atoms with van der Waals surface area (Å²) in [4.78, 5) is 23.6. The average molecular weight is 829 g/mol. The predicted octanol–water partition coefficient (Wildman–Crippen LogP) is 13.6. The second kappa shape index (κ2) is 21.2. The molecule has 7 nitrogen and oxygen atoms in total. The minimum atomic E-state index is -2.14. The van der Waals surface area contributed by atoms with Gasteiger partial charge in [-0.05, 0) is 132 Å². The molecule has 4 aliphatic rings. The van der Waals surface area contributed by atoms with Crippen LogP contribution in [0.1, 0.15) is 174 Å². The Morgan fingerprint density at radius 3 is 1.82 bits per heavy atom. The fourth-order valence-electron chi connectivity index (χ4n) is 12.9. The zero-order chi connectivity index (χ0) is 43.0. The number of carboxylic acids is 1. The number of carbonyl (C=O) groups is 2. The van der Waals surface area contributed by atoms with Crippen LogP contribution in [-0.4, -0.2) is 63.9 Å². The van der Waals surface area contributed by atoms with Gasteiger partial charge in [0.15, 0.2) is 0 Å². The molecule has 9 heteroatoms. The minimum Gasteiger partial charge on any atom is -0.481 e. The number of hydrogen-bond donors (Lipinski definition) is 2. The largest absolute Gasteiger partial charge is 0.481 e. The molecule has 6 atom stereocenters. The Labute approximate surface area is 352 Å². The zero-order valence-electron chi connectivity index (χ0n) is 39.2. The molecule has 0 aromatic carbocycles. The highest BCUT2D eigenvalue weighted by atomic mass is 28.4. The van der Waals surface area contributed by atoms with Gasteiger partial charge in [0.1, 0.15) is 0 Å². The molecule has 0 spiro atoms. The Morgan fingerprint density at radius 2 is 1.35 bits per heavy atom. The number of urea groups is 1. The van der Waals surface area contributed by atoms with Crippen LogP contribution in [0.5, 0.6) is 0 Å². The van der Waals surface area contributed by atoms with E-state index in [0.717, 1.165) is 45.2 Å². The van der Waals surface area contributed by atoms with Crippen LogP contribution in [0, 0.1) is 23.2 Å². The van der Waals surface area contributed by atoms with Crippen molar-refractivity contribution in [3.8, 4) is 0 Å². The van der Waals surface area contributed by atoms with Gasteiger partial charge in [-0.1, -0.05) is 121 Å². The van der Waals surface area contributed by atoms with Crippen LogP contribution < -0.4 is 5.73 Å². The van der Waals surface area contributed by atoms with E-state index in [-0.39, 0.29) is 30.1 Å². The Hall–Kier alpha value is -1.69. The van der Waals surface area contributed by atoms with Crippen LogP contribution in [0.15, 0.2) is 35.5 Å². The van der Waals surface area contributed by atoms with Crippen molar-refractivity contribution in [2.45, 2.75) is 219 Å². The normalized spacial score (nSPS) is 28.2. The first-order chi connectivity index (χ1) is 26.6. The van der Waals surface area contributed by atoms with Crippen LogP contribution in [0.25, 0.3) is 0 Å². The molecule has 0 radical (unpaired) electrons. The second-order valence-electron chi connectivity index (χ2n) is 20.8. The van der Waals surface area contributed by atoms with E-state index in [1.807, 2.05) is 0 Å². The predicted molar refractivity (Wildman–Crippen MR) is 246 cm³/mol. The highest BCUT2D eigenvalue weighted by Crippen LogP contribution is 2.60. The number of nitrogens with zero attached hydrogens (tertiary/aromatic N) is 1. The summed E-state index contributed by atoms with van der Waals surface area (Å²) < 4.78 is 15.1. The lowest BCUT2D eigenvalue weighted by molar-refractivity contribution is -0.137. The molecule has 3 saturated carbocycles. The van der Waals surface area contributed by atoms with Crippen LogP contribution in [0.4, 0.5) is 4.79 Å². The summed E-state index contributed by atoms with van der Waals surface area (Å²) in [7, 11) is -4.23. The number of likely N-dealkylation sites (tertiary alicyclic amines) is 1. The summed E-state index contributed by atoms with van der Waals surface area (Å²) in [6.45, 7) is 40.0. The number of fused-ring (bicyclic) bond motifs is 1. The summed E-state index contributed by atoms with van der Waals surface area (Å²) in [6, 6.07) is -0.269. The molecule has 0 bridgehead atoms. The van der Waals surface area contributed by atoms with E-state index in [1.54, 1.807) is 10.5 Å². The van der Waals surface area contributed by atoms with Crippen molar-refractivity contribution in [1.29, 1.82) is 0 Å². The molecular formula is C48H88N2O5Si2. The number of amides is 2. The SMILES string of the molecule is C=C1/C(=C/C=C2CCC[C@]3(C)[C@@H]([C@H](C)CCC(=O)O)CC[C@@H]23)C[C@@H](O[Si](C(C)C)(C(C)C)C(C)C)C[C@@H]1O[Si](C(C)C)(C(C)C)C(C)C.NC(=O)N1CCCCC1. The van der Waals surface area contributed by atoms with Gasteiger partial charge in [0.05, 0.1) is 12.2 Å². The molecule has 328 valence electrons. The van der Waals surface area contributed by atoms with Gasteiger partial charge in [-0.15, -0.1) is 0 Å². The zero-order valence-corrected chi connectivity index (χ0v) is 41.2. The third kappa shape index (κ3) is 11.4. The van der Waals surface area contributed by atoms with E-state index < -0.39 is 22.6 Å². The van der Waals surface area contributed by atoms with Crippen LogP contribution in [0.3, 0.4) is 0 Å². The third-order valence-corrected chi connectivity index (χ3v) is 27.8. The first-order valence-electron chi connectivity index (χ1n) is 23.3. The van der Waals surface area contributed by atoms with E-state index in [4.69, 9.17) is 21.2 Å². The van der Waals surface area contributed by atoms with Gasteiger partial charge in [-0.3, -0.25) is 4.79 Å². The molecule has 2 amide bonds. The van der Waals surface area contributed by atoms with Gasteiger partial charge < -0.3 is 24.6 Å². The van der Waals surface area contributed by atoms with Gasteiger partial charge in [-0.2, -0.15) is 0 Å². The summed E-state index contributed by atoms with van der Waals surface area (Å²) in [6.07, 6.45) is 17.5. The number of nitrogens with two attached hydrogens (primary N) is 1. The number of primary amides is 1. The second-order valence-corrected chi connectivity index (χ2v) is 31.6. The minimum absolute atomic E-state index is 0.00646. The molecule has 1 heterocycles. The number of carboxylic acid groups (broad SMARTS) is 1. The molecule has 1 saturated heterocycles. The molecule has 4 rings (SSSR count). The fraction of sp³-hybridized carbons (Fsp3) is 0.833. The number of aliphatic carboxylic acids is 1. The first-order valence-corrected chi connectivity index (χ1v) is 27.5. The summed E-state index contributed by atoms with van der Waals surface area (Å²) in [5.74, 6) is 0.963. The fourth-order valence-corrected chi connectivity index (χ4v) is 24.0. The van der Waals surface area contributed by atoms with Gasteiger partial charge >= 0.3 is 12.0 Å².